The minimum atomic E-state index is -0.721. The van der Waals surface area contributed by atoms with Crippen molar-refractivity contribution in [3.8, 4) is 0 Å². The monoisotopic (exact) mass is 526 g/mol. The van der Waals surface area contributed by atoms with Crippen molar-refractivity contribution >= 4 is 46.6 Å². The van der Waals surface area contributed by atoms with Crippen LogP contribution in [0.15, 0.2) is 4.99 Å². The smallest absolute Gasteiger partial charge is 0.224 e. The van der Waals surface area contributed by atoms with Crippen molar-refractivity contribution in [1.29, 1.82) is 0 Å². The second-order valence-electron chi connectivity index (χ2n) is 7.74. The van der Waals surface area contributed by atoms with Crippen LogP contribution in [0, 0.1) is 0 Å². The third kappa shape index (κ3) is 8.16. The molecule has 2 aliphatic rings. The molecule has 2 rings (SSSR count). The number of nitrogens with zero attached hydrogens (tertiary/aromatic N) is 2. The third-order valence-corrected chi connectivity index (χ3v) is 7.43. The Balaban J connectivity index is 0.00000392. The average Bonchev–Trinajstić information content (AvgIpc) is 2.68. The number of likely N-dealkylation sites (tertiary alicyclic amines) is 1. The van der Waals surface area contributed by atoms with E-state index in [1.54, 1.807) is 0 Å². The summed E-state index contributed by atoms with van der Waals surface area (Å²) >= 11 is 0. The molecule has 28 heavy (non-hydrogen) atoms. The topological polar surface area (TPSA) is 73.8 Å². The van der Waals surface area contributed by atoms with Gasteiger partial charge in [0.15, 0.2) is 5.96 Å². The lowest BCUT2D eigenvalue weighted by Crippen LogP contribution is -2.47. The molecule has 1 saturated heterocycles. The molecule has 4 atom stereocenters. The van der Waals surface area contributed by atoms with Crippen LogP contribution < -0.4 is 10.6 Å². The van der Waals surface area contributed by atoms with Gasteiger partial charge in [0.1, 0.15) is 0 Å². The van der Waals surface area contributed by atoms with Crippen LogP contribution in [0.25, 0.3) is 0 Å². The van der Waals surface area contributed by atoms with Crippen molar-refractivity contribution in [3.05, 3.63) is 0 Å². The second-order valence-corrected chi connectivity index (χ2v) is 9.75. The molecule has 2 N–H and O–H groups in total. The fraction of sp³-hybridized carbons (Fsp3) is 0.900. The predicted molar refractivity (Wildman–Crippen MR) is 129 cm³/mol. The summed E-state index contributed by atoms with van der Waals surface area (Å²) in [5, 5.41) is 7.09. The van der Waals surface area contributed by atoms with Crippen molar-refractivity contribution in [2.45, 2.75) is 89.5 Å². The standard InChI is InChI=1S/C20H38N4O2S.HI/c1-4-21-20(23-17-10-8-11-18(15-17)27(26)5-2)22-13-12-19(25)24-14-7-6-9-16(24)3;/h16-18H,4-15H2,1-3H3,(H2,21,22,23);1H. The van der Waals surface area contributed by atoms with Gasteiger partial charge in [-0.15, -0.1) is 24.0 Å². The van der Waals surface area contributed by atoms with E-state index in [2.05, 4.69) is 22.5 Å². The number of rotatable bonds is 7. The first kappa shape index (κ1) is 25.7. The van der Waals surface area contributed by atoms with Crippen LogP contribution in [0.2, 0.25) is 0 Å². The predicted octanol–water partition coefficient (Wildman–Crippen LogP) is 3.03. The number of hydrogen-bond acceptors (Lipinski definition) is 3. The van der Waals surface area contributed by atoms with E-state index in [1.807, 2.05) is 18.7 Å². The molecule has 0 radical (unpaired) electrons. The molecule has 8 heteroatoms. The van der Waals surface area contributed by atoms with Crippen molar-refractivity contribution in [2.75, 3.05) is 25.4 Å². The van der Waals surface area contributed by atoms with Gasteiger partial charge < -0.3 is 15.5 Å². The molecule has 0 aromatic heterocycles. The summed E-state index contributed by atoms with van der Waals surface area (Å²) in [6.07, 6.45) is 8.12. The molecule has 0 aromatic carbocycles. The zero-order valence-electron chi connectivity index (χ0n) is 17.7. The minimum absolute atomic E-state index is 0. The van der Waals surface area contributed by atoms with Gasteiger partial charge in [0.25, 0.3) is 0 Å². The van der Waals surface area contributed by atoms with Gasteiger partial charge in [0, 0.05) is 53.4 Å². The quantitative estimate of drug-likeness (QED) is 0.304. The normalized spacial score (nSPS) is 26.9. The van der Waals surface area contributed by atoms with Gasteiger partial charge in [-0.1, -0.05) is 13.3 Å². The van der Waals surface area contributed by atoms with Gasteiger partial charge in [0.05, 0.1) is 6.54 Å². The molecular formula is C20H39IN4O2S. The highest BCUT2D eigenvalue weighted by Gasteiger charge is 2.26. The minimum Gasteiger partial charge on any atom is -0.357 e. The summed E-state index contributed by atoms with van der Waals surface area (Å²) in [4.78, 5) is 19.1. The Morgan fingerprint density at radius 3 is 2.64 bits per heavy atom. The number of amides is 1. The van der Waals surface area contributed by atoms with Gasteiger partial charge >= 0.3 is 0 Å². The first-order chi connectivity index (χ1) is 13.0. The summed E-state index contributed by atoms with van der Waals surface area (Å²) < 4.78 is 12.1. The third-order valence-electron chi connectivity index (χ3n) is 5.69. The van der Waals surface area contributed by atoms with Crippen LogP contribution >= 0.6 is 24.0 Å². The van der Waals surface area contributed by atoms with Gasteiger partial charge in [-0.3, -0.25) is 14.0 Å². The van der Waals surface area contributed by atoms with Crippen LogP contribution in [0.3, 0.4) is 0 Å². The second kappa shape index (κ2) is 13.8. The number of halogens is 1. The molecule has 1 heterocycles. The maximum atomic E-state index is 12.5. The summed E-state index contributed by atoms with van der Waals surface area (Å²) in [7, 11) is -0.721. The number of carbonyl (C=O) groups excluding carboxylic acids is 1. The van der Waals surface area contributed by atoms with E-state index in [1.165, 1.54) is 6.42 Å². The number of aliphatic imine (C=N–C) groups is 1. The Labute approximate surface area is 190 Å². The number of carbonyl (C=O) groups is 1. The summed E-state index contributed by atoms with van der Waals surface area (Å²) in [5.74, 6) is 1.74. The largest absolute Gasteiger partial charge is 0.357 e. The fourth-order valence-electron chi connectivity index (χ4n) is 4.14. The highest BCUT2D eigenvalue weighted by molar-refractivity contribution is 14.0. The Kier molecular flexibility index (Phi) is 12.6. The Morgan fingerprint density at radius 2 is 1.96 bits per heavy atom. The van der Waals surface area contributed by atoms with E-state index >= 15 is 0 Å². The number of piperidine rings is 1. The molecule has 4 unspecified atom stereocenters. The number of guanidine groups is 1. The molecule has 1 aliphatic carbocycles. The zero-order valence-corrected chi connectivity index (χ0v) is 20.9. The van der Waals surface area contributed by atoms with Crippen LogP contribution in [-0.4, -0.2) is 63.7 Å². The molecule has 0 spiro atoms. The molecular weight excluding hydrogens is 487 g/mol. The van der Waals surface area contributed by atoms with E-state index in [-0.39, 0.29) is 29.9 Å². The fourth-order valence-corrected chi connectivity index (χ4v) is 5.49. The highest BCUT2D eigenvalue weighted by atomic mass is 127. The van der Waals surface area contributed by atoms with E-state index in [0.717, 1.165) is 63.3 Å². The summed E-state index contributed by atoms with van der Waals surface area (Å²) in [6, 6.07) is 0.676. The van der Waals surface area contributed by atoms with Crippen LogP contribution in [0.5, 0.6) is 0 Å². The lowest BCUT2D eigenvalue weighted by atomic mass is 9.95. The molecule has 1 amide bonds. The summed E-state index contributed by atoms with van der Waals surface area (Å²) in [6.45, 7) is 8.38. The zero-order chi connectivity index (χ0) is 19.6. The first-order valence-corrected chi connectivity index (χ1v) is 12.1. The SMILES string of the molecule is CCNC(=NCCC(=O)N1CCCCC1C)NC1CCCC(S(=O)CC)C1.I. The molecule has 0 aromatic rings. The van der Waals surface area contributed by atoms with Crippen molar-refractivity contribution in [3.63, 3.8) is 0 Å². The molecule has 164 valence electrons. The lowest BCUT2D eigenvalue weighted by Gasteiger charge is -2.33. The first-order valence-electron chi connectivity index (χ1n) is 10.8. The molecule has 2 fully saturated rings. The number of hydrogen-bond donors (Lipinski definition) is 2. The molecule has 0 bridgehead atoms. The Hall–Kier alpha value is -0.380. The van der Waals surface area contributed by atoms with E-state index in [0.29, 0.717) is 30.3 Å². The van der Waals surface area contributed by atoms with Crippen LogP contribution in [0.1, 0.15) is 72.1 Å². The Bertz CT molecular complexity index is 532. The molecule has 1 saturated carbocycles. The average molecular weight is 527 g/mol. The highest BCUT2D eigenvalue weighted by Crippen LogP contribution is 2.23. The van der Waals surface area contributed by atoms with Crippen molar-refractivity contribution in [1.82, 2.24) is 15.5 Å². The van der Waals surface area contributed by atoms with Crippen molar-refractivity contribution < 1.29 is 9.00 Å². The van der Waals surface area contributed by atoms with Gasteiger partial charge in [-0.05, 0) is 52.4 Å². The Morgan fingerprint density at radius 1 is 1.18 bits per heavy atom. The lowest BCUT2D eigenvalue weighted by molar-refractivity contribution is -0.134. The van der Waals surface area contributed by atoms with Crippen LogP contribution in [-0.2, 0) is 15.6 Å². The van der Waals surface area contributed by atoms with Crippen LogP contribution in [0.4, 0.5) is 0 Å². The summed E-state index contributed by atoms with van der Waals surface area (Å²) in [5.41, 5.74) is 0. The maximum Gasteiger partial charge on any atom is 0.224 e. The van der Waals surface area contributed by atoms with Gasteiger partial charge in [-0.25, -0.2) is 0 Å². The van der Waals surface area contributed by atoms with E-state index < -0.39 is 10.8 Å². The van der Waals surface area contributed by atoms with E-state index in [4.69, 9.17) is 0 Å². The molecule has 1 aliphatic heterocycles. The maximum absolute atomic E-state index is 12.5. The molecule has 6 nitrogen and oxygen atoms in total. The van der Waals surface area contributed by atoms with Gasteiger partial charge in [0.2, 0.25) is 5.91 Å². The number of nitrogens with one attached hydrogen (secondary N) is 2. The van der Waals surface area contributed by atoms with E-state index in [9.17, 15) is 9.00 Å². The van der Waals surface area contributed by atoms with Crippen molar-refractivity contribution in [2.24, 2.45) is 4.99 Å². The van der Waals surface area contributed by atoms with Gasteiger partial charge in [-0.2, -0.15) is 0 Å².